The maximum absolute atomic E-state index is 5.09. The Balaban J connectivity index is 3.00. The molecule has 0 spiro atoms. The minimum absolute atomic E-state index is 0.350. The second kappa shape index (κ2) is 4.02. The molecule has 7 heavy (non-hydrogen) atoms. The summed E-state index contributed by atoms with van der Waals surface area (Å²) >= 11 is 4.61. The normalized spacial score (nSPS) is 8.29. The molecule has 0 atom stereocenters. The van der Waals surface area contributed by atoms with Crippen molar-refractivity contribution in [2.45, 2.75) is 6.92 Å². The number of nitrogens with two attached hydrogens (primary N) is 1. The molecule has 0 rings (SSSR count). The lowest BCUT2D eigenvalue weighted by Gasteiger charge is -1.97. The molecule has 0 aromatic heterocycles. The van der Waals surface area contributed by atoms with Crippen molar-refractivity contribution in [3.8, 4) is 0 Å². The van der Waals surface area contributed by atoms with E-state index in [0.717, 1.165) is 0 Å². The second-order valence-electron chi connectivity index (χ2n) is 1.01. The minimum Gasteiger partial charge on any atom is -0.486 e. The maximum Gasteiger partial charge on any atom is 0.173 e. The summed E-state index contributed by atoms with van der Waals surface area (Å²) < 4.78 is 4.80. The molecule has 0 aliphatic rings. The van der Waals surface area contributed by atoms with Crippen LogP contribution < -0.4 is 5.73 Å². The molecule has 0 aliphatic carbocycles. The van der Waals surface area contributed by atoms with E-state index in [0.29, 0.717) is 18.2 Å². The molecule has 2 nitrogen and oxygen atoms in total. The van der Waals surface area contributed by atoms with Crippen LogP contribution in [-0.2, 0) is 4.74 Å². The molecule has 0 amide bonds. The molecule has 0 radical (unpaired) electrons. The van der Waals surface area contributed by atoms with Gasteiger partial charge in [0.15, 0.2) is 5.05 Å². The Morgan fingerprint density at radius 3 is 2.57 bits per heavy atom. The van der Waals surface area contributed by atoms with Gasteiger partial charge in [0.05, 0.1) is 13.2 Å². The molecule has 0 saturated carbocycles. The first-order valence-electron chi connectivity index (χ1n) is 2.17. The summed E-state index contributed by atoms with van der Waals surface area (Å²) in [4.78, 5) is 0. The van der Waals surface area contributed by atoms with E-state index in [9.17, 15) is 0 Å². The van der Waals surface area contributed by atoms with Gasteiger partial charge < -0.3 is 10.5 Å². The molecule has 2 N–H and O–H groups in total. The van der Waals surface area contributed by atoms with Gasteiger partial charge in [0, 0.05) is 0 Å². The molecule has 0 unspecified atom stereocenters. The predicted molar refractivity (Wildman–Crippen MR) is 33.3 cm³/mol. The standard InChI is InChI=1S/C4H9NOS/c1-2-6-4(7)3-5/h2-3,5H2,1H3. The summed E-state index contributed by atoms with van der Waals surface area (Å²) in [5.74, 6) is 0. The Morgan fingerprint density at radius 2 is 2.43 bits per heavy atom. The maximum atomic E-state index is 5.09. The lowest BCUT2D eigenvalue weighted by Crippen LogP contribution is -2.14. The van der Waals surface area contributed by atoms with E-state index in [4.69, 9.17) is 10.5 Å². The average molecular weight is 119 g/mol. The quantitative estimate of drug-likeness (QED) is 0.531. The average Bonchev–Trinajstić information content (AvgIpc) is 1.68. The van der Waals surface area contributed by atoms with Gasteiger partial charge in [-0.2, -0.15) is 0 Å². The minimum atomic E-state index is 0.350. The third-order valence-corrected chi connectivity index (χ3v) is 0.757. The van der Waals surface area contributed by atoms with Crippen LogP contribution in [0.5, 0.6) is 0 Å². The Hall–Kier alpha value is -0.150. The molecular formula is C4H9NOS. The van der Waals surface area contributed by atoms with Crippen molar-refractivity contribution in [3.63, 3.8) is 0 Å². The van der Waals surface area contributed by atoms with Crippen molar-refractivity contribution in [1.29, 1.82) is 0 Å². The Morgan fingerprint density at radius 1 is 1.86 bits per heavy atom. The van der Waals surface area contributed by atoms with E-state index < -0.39 is 0 Å². The highest BCUT2D eigenvalue weighted by Crippen LogP contribution is 1.75. The molecule has 42 valence electrons. The van der Waals surface area contributed by atoms with Gasteiger partial charge >= 0.3 is 0 Å². The number of ether oxygens (including phenoxy) is 1. The molecule has 0 saturated heterocycles. The SMILES string of the molecule is CCOC(=S)CN. The van der Waals surface area contributed by atoms with Gasteiger partial charge in [-0.1, -0.05) is 0 Å². The summed E-state index contributed by atoms with van der Waals surface area (Å²) in [6.07, 6.45) is 0. The van der Waals surface area contributed by atoms with Crippen LogP contribution in [0.2, 0.25) is 0 Å². The van der Waals surface area contributed by atoms with Crippen LogP contribution >= 0.6 is 12.2 Å². The van der Waals surface area contributed by atoms with Crippen LogP contribution in [0.3, 0.4) is 0 Å². The topological polar surface area (TPSA) is 35.2 Å². The van der Waals surface area contributed by atoms with Crippen molar-refractivity contribution in [3.05, 3.63) is 0 Å². The third kappa shape index (κ3) is 3.69. The van der Waals surface area contributed by atoms with Crippen LogP contribution in [0, 0.1) is 0 Å². The first-order chi connectivity index (χ1) is 3.31. The second-order valence-corrected chi connectivity index (χ2v) is 1.46. The van der Waals surface area contributed by atoms with Crippen molar-refractivity contribution >= 4 is 17.3 Å². The molecule has 0 aromatic rings. The number of hydrogen-bond acceptors (Lipinski definition) is 3. The van der Waals surface area contributed by atoms with E-state index >= 15 is 0 Å². The zero-order valence-corrected chi connectivity index (χ0v) is 5.12. The predicted octanol–water partition coefficient (Wildman–Crippen LogP) is 0.309. The smallest absolute Gasteiger partial charge is 0.173 e. The largest absolute Gasteiger partial charge is 0.486 e. The van der Waals surface area contributed by atoms with Gasteiger partial charge in [0.1, 0.15) is 0 Å². The van der Waals surface area contributed by atoms with Gasteiger partial charge in [-0.25, -0.2) is 0 Å². The Bertz CT molecular complexity index is 64.7. The van der Waals surface area contributed by atoms with E-state index in [1.807, 2.05) is 6.92 Å². The zero-order valence-electron chi connectivity index (χ0n) is 4.31. The van der Waals surface area contributed by atoms with Crippen LogP contribution in [0.15, 0.2) is 0 Å². The molecule has 0 heterocycles. The first kappa shape index (κ1) is 6.85. The number of hydrogen-bond donors (Lipinski definition) is 1. The summed E-state index contributed by atoms with van der Waals surface area (Å²) in [6.45, 7) is 2.85. The fourth-order valence-electron chi connectivity index (χ4n) is 0.220. The summed E-state index contributed by atoms with van der Waals surface area (Å²) in [7, 11) is 0. The monoisotopic (exact) mass is 119 g/mol. The van der Waals surface area contributed by atoms with Gasteiger partial charge in [0.2, 0.25) is 0 Å². The molecule has 0 fully saturated rings. The highest BCUT2D eigenvalue weighted by Gasteiger charge is 1.85. The van der Waals surface area contributed by atoms with Crippen molar-refractivity contribution in [2.24, 2.45) is 5.73 Å². The van der Waals surface area contributed by atoms with Crippen LogP contribution in [0.25, 0.3) is 0 Å². The summed E-state index contributed by atoms with van der Waals surface area (Å²) in [5.41, 5.74) is 5.09. The van der Waals surface area contributed by atoms with Crippen LogP contribution in [0.1, 0.15) is 6.92 Å². The van der Waals surface area contributed by atoms with Crippen LogP contribution in [0.4, 0.5) is 0 Å². The molecule has 0 aliphatic heterocycles. The lowest BCUT2D eigenvalue weighted by molar-refractivity contribution is 0.331. The highest BCUT2D eigenvalue weighted by molar-refractivity contribution is 7.80. The third-order valence-electron chi connectivity index (χ3n) is 0.472. The zero-order chi connectivity index (χ0) is 5.70. The lowest BCUT2D eigenvalue weighted by atomic mass is 10.7. The van der Waals surface area contributed by atoms with Gasteiger partial charge in [-0.15, -0.1) is 0 Å². The number of thiocarbonyl (C=S) groups is 1. The van der Waals surface area contributed by atoms with Crippen LogP contribution in [-0.4, -0.2) is 18.2 Å². The van der Waals surface area contributed by atoms with Crippen molar-refractivity contribution < 1.29 is 4.74 Å². The van der Waals surface area contributed by atoms with Crippen molar-refractivity contribution in [1.82, 2.24) is 0 Å². The molecular weight excluding hydrogens is 110 g/mol. The fraction of sp³-hybridized carbons (Fsp3) is 0.750. The first-order valence-corrected chi connectivity index (χ1v) is 2.57. The van der Waals surface area contributed by atoms with E-state index in [1.165, 1.54) is 0 Å². The molecule has 0 aromatic carbocycles. The molecule has 0 bridgehead atoms. The Kier molecular flexibility index (Phi) is 3.93. The highest BCUT2D eigenvalue weighted by atomic mass is 32.1. The van der Waals surface area contributed by atoms with Crippen molar-refractivity contribution in [2.75, 3.05) is 13.2 Å². The number of rotatable bonds is 2. The Labute approximate surface area is 48.6 Å². The van der Waals surface area contributed by atoms with E-state index in [-0.39, 0.29) is 0 Å². The van der Waals surface area contributed by atoms with Gasteiger partial charge in [-0.3, -0.25) is 0 Å². The van der Waals surface area contributed by atoms with Gasteiger partial charge in [-0.05, 0) is 19.1 Å². The fourth-order valence-corrected chi connectivity index (χ4v) is 0.338. The molecule has 3 heteroatoms. The summed E-state index contributed by atoms with van der Waals surface area (Å²) in [5, 5.41) is 0.488. The summed E-state index contributed by atoms with van der Waals surface area (Å²) in [6, 6.07) is 0. The van der Waals surface area contributed by atoms with E-state index in [1.54, 1.807) is 0 Å². The van der Waals surface area contributed by atoms with Gasteiger partial charge in [0.25, 0.3) is 0 Å². The van der Waals surface area contributed by atoms with E-state index in [2.05, 4.69) is 12.2 Å².